The molecule has 2 amide bonds. The topological polar surface area (TPSA) is 70.7 Å². The SMILES string of the molecule is CCOc1cccc(C(=O)NCC(=O)NCC2CCN(Cc3ccc(Cl)cc3)CC2)c1. The van der Waals surface area contributed by atoms with Crippen molar-refractivity contribution in [3.05, 3.63) is 64.7 Å². The lowest BCUT2D eigenvalue weighted by Crippen LogP contribution is -2.41. The number of carbonyl (C=O) groups excluding carboxylic acids is 2. The van der Waals surface area contributed by atoms with Crippen molar-refractivity contribution in [3.8, 4) is 5.75 Å². The van der Waals surface area contributed by atoms with Gasteiger partial charge in [0.1, 0.15) is 5.75 Å². The third-order valence-electron chi connectivity index (χ3n) is 5.43. The third kappa shape index (κ3) is 7.56. The molecule has 2 N–H and O–H groups in total. The number of likely N-dealkylation sites (tertiary alicyclic amines) is 1. The largest absolute Gasteiger partial charge is 0.494 e. The van der Waals surface area contributed by atoms with Crippen LogP contribution >= 0.6 is 11.6 Å². The van der Waals surface area contributed by atoms with Gasteiger partial charge in [0.15, 0.2) is 0 Å². The number of nitrogens with zero attached hydrogens (tertiary/aromatic N) is 1. The Morgan fingerprint density at radius 3 is 2.55 bits per heavy atom. The summed E-state index contributed by atoms with van der Waals surface area (Å²) in [5.41, 5.74) is 1.74. The van der Waals surface area contributed by atoms with Crippen molar-refractivity contribution < 1.29 is 14.3 Å². The second kappa shape index (κ2) is 11.7. The highest BCUT2D eigenvalue weighted by Crippen LogP contribution is 2.19. The summed E-state index contributed by atoms with van der Waals surface area (Å²) >= 11 is 5.95. The van der Waals surface area contributed by atoms with E-state index in [1.807, 2.05) is 19.1 Å². The fourth-order valence-corrected chi connectivity index (χ4v) is 3.80. The van der Waals surface area contributed by atoms with E-state index in [1.54, 1.807) is 24.3 Å². The zero-order chi connectivity index (χ0) is 22.1. The number of ether oxygens (including phenoxy) is 1. The summed E-state index contributed by atoms with van der Waals surface area (Å²) in [6, 6.07) is 14.9. The molecule has 1 fully saturated rings. The first-order valence-corrected chi connectivity index (χ1v) is 11.2. The predicted molar refractivity (Wildman–Crippen MR) is 122 cm³/mol. The predicted octanol–water partition coefficient (Wildman–Crippen LogP) is 3.50. The lowest BCUT2D eigenvalue weighted by Gasteiger charge is -2.32. The summed E-state index contributed by atoms with van der Waals surface area (Å²) < 4.78 is 5.41. The fraction of sp³-hybridized carbons (Fsp3) is 0.417. The molecular formula is C24H30ClN3O3. The lowest BCUT2D eigenvalue weighted by atomic mass is 9.96. The lowest BCUT2D eigenvalue weighted by molar-refractivity contribution is -0.120. The molecule has 2 aromatic rings. The Morgan fingerprint density at radius 2 is 1.84 bits per heavy atom. The van der Waals surface area contributed by atoms with E-state index in [2.05, 4.69) is 27.7 Å². The van der Waals surface area contributed by atoms with Crippen LogP contribution < -0.4 is 15.4 Å². The summed E-state index contributed by atoms with van der Waals surface area (Å²) in [5.74, 6) is 0.649. The van der Waals surface area contributed by atoms with Crippen LogP contribution in [0, 0.1) is 5.92 Å². The van der Waals surface area contributed by atoms with Crippen LogP contribution in [-0.2, 0) is 11.3 Å². The van der Waals surface area contributed by atoms with Crippen LogP contribution in [-0.4, -0.2) is 49.5 Å². The van der Waals surface area contributed by atoms with E-state index in [0.29, 0.717) is 30.4 Å². The minimum Gasteiger partial charge on any atom is -0.494 e. The number of hydrogen-bond donors (Lipinski definition) is 2. The Labute approximate surface area is 188 Å². The van der Waals surface area contributed by atoms with Crippen LogP contribution in [0.15, 0.2) is 48.5 Å². The molecule has 1 aliphatic rings. The summed E-state index contributed by atoms with van der Waals surface area (Å²) in [7, 11) is 0. The van der Waals surface area contributed by atoms with Crippen molar-refractivity contribution in [2.24, 2.45) is 5.92 Å². The molecule has 0 saturated carbocycles. The van der Waals surface area contributed by atoms with Crippen LogP contribution in [0.1, 0.15) is 35.7 Å². The van der Waals surface area contributed by atoms with E-state index in [4.69, 9.17) is 16.3 Å². The summed E-state index contributed by atoms with van der Waals surface area (Å²) in [5, 5.41) is 6.38. The number of benzene rings is 2. The van der Waals surface area contributed by atoms with Gasteiger partial charge in [-0.3, -0.25) is 14.5 Å². The van der Waals surface area contributed by atoms with Gasteiger partial charge in [-0.1, -0.05) is 29.8 Å². The number of rotatable bonds is 9. The van der Waals surface area contributed by atoms with E-state index < -0.39 is 0 Å². The molecule has 31 heavy (non-hydrogen) atoms. The van der Waals surface area contributed by atoms with E-state index in [1.165, 1.54) is 5.56 Å². The highest BCUT2D eigenvalue weighted by molar-refractivity contribution is 6.30. The molecule has 3 rings (SSSR count). The van der Waals surface area contributed by atoms with Crippen molar-refractivity contribution in [1.29, 1.82) is 0 Å². The first-order valence-electron chi connectivity index (χ1n) is 10.8. The maximum absolute atomic E-state index is 12.3. The van der Waals surface area contributed by atoms with Gasteiger partial charge in [0, 0.05) is 23.7 Å². The summed E-state index contributed by atoms with van der Waals surface area (Å²) in [4.78, 5) is 26.8. The Balaban J connectivity index is 1.33. The molecule has 1 saturated heterocycles. The van der Waals surface area contributed by atoms with Crippen molar-refractivity contribution in [2.45, 2.75) is 26.3 Å². The minimum absolute atomic E-state index is 0.0346. The summed E-state index contributed by atoms with van der Waals surface area (Å²) in [6.45, 7) is 5.98. The Hall–Kier alpha value is -2.57. The number of carbonyl (C=O) groups is 2. The maximum atomic E-state index is 12.3. The standard InChI is InChI=1S/C24H30ClN3O3/c1-2-31-22-5-3-4-20(14-22)24(30)27-16-23(29)26-15-18-10-12-28(13-11-18)17-19-6-8-21(25)9-7-19/h3-9,14,18H,2,10-13,15-17H2,1H3,(H,26,29)(H,27,30). The van der Waals surface area contributed by atoms with Crippen LogP contribution in [0.3, 0.4) is 0 Å². The van der Waals surface area contributed by atoms with Crippen LogP contribution in [0.25, 0.3) is 0 Å². The molecule has 166 valence electrons. The molecule has 0 radical (unpaired) electrons. The highest BCUT2D eigenvalue weighted by Gasteiger charge is 2.20. The van der Waals surface area contributed by atoms with Gasteiger partial charge in [-0.05, 0) is 74.7 Å². The molecule has 0 aliphatic carbocycles. The molecule has 0 unspecified atom stereocenters. The van der Waals surface area contributed by atoms with Crippen molar-refractivity contribution in [3.63, 3.8) is 0 Å². The molecule has 7 heteroatoms. The second-order valence-electron chi connectivity index (χ2n) is 7.79. The van der Waals surface area contributed by atoms with Gasteiger partial charge in [-0.25, -0.2) is 0 Å². The number of halogens is 1. The molecule has 1 aliphatic heterocycles. The van der Waals surface area contributed by atoms with Crippen molar-refractivity contribution in [1.82, 2.24) is 15.5 Å². The molecule has 1 heterocycles. The van der Waals surface area contributed by atoms with Gasteiger partial charge < -0.3 is 15.4 Å². The minimum atomic E-state index is -0.285. The molecular weight excluding hydrogens is 414 g/mol. The maximum Gasteiger partial charge on any atom is 0.251 e. The zero-order valence-electron chi connectivity index (χ0n) is 17.9. The van der Waals surface area contributed by atoms with Gasteiger partial charge in [0.2, 0.25) is 5.91 Å². The van der Waals surface area contributed by atoms with Gasteiger partial charge in [-0.2, -0.15) is 0 Å². The second-order valence-corrected chi connectivity index (χ2v) is 8.23. The van der Waals surface area contributed by atoms with Crippen LogP contribution in [0.5, 0.6) is 5.75 Å². The highest BCUT2D eigenvalue weighted by atomic mass is 35.5. The smallest absolute Gasteiger partial charge is 0.251 e. The zero-order valence-corrected chi connectivity index (χ0v) is 18.7. The Bertz CT molecular complexity index is 865. The van der Waals surface area contributed by atoms with Gasteiger partial charge in [-0.15, -0.1) is 0 Å². The van der Waals surface area contributed by atoms with E-state index in [-0.39, 0.29) is 18.4 Å². The van der Waals surface area contributed by atoms with Crippen molar-refractivity contribution >= 4 is 23.4 Å². The average molecular weight is 444 g/mol. The summed E-state index contributed by atoms with van der Waals surface area (Å²) in [6.07, 6.45) is 2.09. The monoisotopic (exact) mass is 443 g/mol. The fourth-order valence-electron chi connectivity index (χ4n) is 3.67. The van der Waals surface area contributed by atoms with E-state index in [0.717, 1.165) is 37.5 Å². The quantitative estimate of drug-likeness (QED) is 0.622. The molecule has 6 nitrogen and oxygen atoms in total. The molecule has 2 aromatic carbocycles. The Morgan fingerprint density at radius 1 is 1.10 bits per heavy atom. The molecule has 0 atom stereocenters. The van der Waals surface area contributed by atoms with Crippen LogP contribution in [0.4, 0.5) is 0 Å². The number of nitrogens with one attached hydrogen (secondary N) is 2. The molecule has 0 aromatic heterocycles. The van der Waals surface area contributed by atoms with E-state index in [9.17, 15) is 9.59 Å². The first kappa shape index (κ1) is 23.1. The number of amides is 2. The number of hydrogen-bond acceptors (Lipinski definition) is 4. The normalized spacial score (nSPS) is 14.8. The van der Waals surface area contributed by atoms with Crippen molar-refractivity contribution in [2.75, 3.05) is 32.8 Å². The number of piperidine rings is 1. The van der Waals surface area contributed by atoms with Crippen LogP contribution in [0.2, 0.25) is 5.02 Å². The third-order valence-corrected chi connectivity index (χ3v) is 5.68. The molecule has 0 bridgehead atoms. The molecule has 0 spiro atoms. The van der Waals surface area contributed by atoms with Gasteiger partial charge >= 0.3 is 0 Å². The first-order chi connectivity index (χ1) is 15.0. The van der Waals surface area contributed by atoms with Gasteiger partial charge in [0.25, 0.3) is 5.91 Å². The van der Waals surface area contributed by atoms with E-state index >= 15 is 0 Å². The Kier molecular flexibility index (Phi) is 8.74. The van der Waals surface area contributed by atoms with Gasteiger partial charge in [0.05, 0.1) is 13.2 Å². The average Bonchev–Trinajstić information content (AvgIpc) is 2.79.